The van der Waals surface area contributed by atoms with E-state index in [0.29, 0.717) is 30.1 Å². The van der Waals surface area contributed by atoms with Gasteiger partial charge < -0.3 is 9.47 Å². The number of hydrogen-bond acceptors (Lipinski definition) is 4. The predicted molar refractivity (Wildman–Crippen MR) is 109 cm³/mol. The molecule has 0 atom stereocenters. The van der Waals surface area contributed by atoms with Gasteiger partial charge in [-0.3, -0.25) is 0 Å². The molecule has 0 aliphatic carbocycles. The second-order valence-electron chi connectivity index (χ2n) is 7.74. The number of halogens is 1. The molecule has 1 aromatic rings. The van der Waals surface area contributed by atoms with Crippen LogP contribution in [-0.4, -0.2) is 25.2 Å². The van der Waals surface area contributed by atoms with Crippen LogP contribution in [0.4, 0.5) is 0 Å². The van der Waals surface area contributed by atoms with Crippen LogP contribution >= 0.6 is 11.6 Å². The topological polar surface area (TPSA) is 52.6 Å². The van der Waals surface area contributed by atoms with Crippen molar-refractivity contribution < 1.29 is 19.1 Å². The molecule has 0 heterocycles. The zero-order chi connectivity index (χ0) is 20.2. The second kappa shape index (κ2) is 12.8. The molecule has 0 saturated heterocycles. The van der Waals surface area contributed by atoms with Crippen molar-refractivity contribution in [3.8, 4) is 0 Å². The Bertz CT molecular complexity index is 596. The maximum Gasteiger partial charge on any atom is 0.339 e. The average molecular weight is 397 g/mol. The molecular weight excluding hydrogens is 364 g/mol. The third-order valence-corrected chi connectivity index (χ3v) is 4.47. The lowest BCUT2D eigenvalue weighted by molar-refractivity contribution is 0.0449. The molecular formula is C22H33ClO4. The first-order valence-corrected chi connectivity index (χ1v) is 10.3. The molecule has 0 unspecified atom stereocenters. The Balaban J connectivity index is 2.57. The van der Waals surface area contributed by atoms with Crippen LogP contribution in [0.5, 0.6) is 0 Å². The molecule has 152 valence electrons. The number of carbonyl (C=O) groups is 2. The van der Waals surface area contributed by atoms with E-state index in [2.05, 4.69) is 27.7 Å². The van der Waals surface area contributed by atoms with E-state index in [-0.39, 0.29) is 11.1 Å². The summed E-state index contributed by atoms with van der Waals surface area (Å²) in [5.74, 6) is 0.228. The van der Waals surface area contributed by atoms with Crippen LogP contribution in [0.25, 0.3) is 0 Å². The molecule has 1 rings (SSSR count). The van der Waals surface area contributed by atoms with Crippen LogP contribution in [0.1, 0.15) is 86.9 Å². The standard InChI is InChI=1S/C22H33ClO4/c1-16(2)9-5-7-13-26-21(24)19-12-11-18(23)15-20(19)22(25)27-14-8-6-10-17(3)4/h11-12,15-17H,5-10,13-14H2,1-4H3. The van der Waals surface area contributed by atoms with Gasteiger partial charge in [-0.2, -0.15) is 0 Å². The van der Waals surface area contributed by atoms with E-state index in [9.17, 15) is 9.59 Å². The summed E-state index contributed by atoms with van der Waals surface area (Å²) in [6.45, 7) is 9.35. The van der Waals surface area contributed by atoms with Crippen molar-refractivity contribution >= 4 is 23.5 Å². The molecule has 0 amide bonds. The monoisotopic (exact) mass is 396 g/mol. The summed E-state index contributed by atoms with van der Waals surface area (Å²) in [6.07, 6.45) is 5.84. The number of carbonyl (C=O) groups excluding carboxylic acids is 2. The van der Waals surface area contributed by atoms with Gasteiger partial charge in [0.2, 0.25) is 0 Å². The zero-order valence-corrected chi connectivity index (χ0v) is 17.8. The van der Waals surface area contributed by atoms with Gasteiger partial charge >= 0.3 is 11.9 Å². The van der Waals surface area contributed by atoms with Gasteiger partial charge in [-0.15, -0.1) is 0 Å². The lowest BCUT2D eigenvalue weighted by atomic mass is 10.1. The van der Waals surface area contributed by atoms with Crippen LogP contribution in [0.2, 0.25) is 5.02 Å². The largest absolute Gasteiger partial charge is 0.462 e. The summed E-state index contributed by atoms with van der Waals surface area (Å²) in [4.78, 5) is 24.7. The normalized spacial score (nSPS) is 11.1. The van der Waals surface area contributed by atoms with Crippen molar-refractivity contribution in [1.82, 2.24) is 0 Å². The average Bonchev–Trinajstić information content (AvgIpc) is 2.60. The smallest absolute Gasteiger partial charge is 0.339 e. The summed E-state index contributed by atoms with van der Waals surface area (Å²) in [5.41, 5.74) is 0.369. The fourth-order valence-electron chi connectivity index (χ4n) is 2.66. The van der Waals surface area contributed by atoms with Crippen molar-refractivity contribution in [2.45, 2.75) is 66.2 Å². The number of esters is 2. The molecule has 0 saturated carbocycles. The van der Waals surface area contributed by atoms with E-state index in [1.165, 1.54) is 12.1 Å². The molecule has 0 fully saturated rings. The van der Waals surface area contributed by atoms with Crippen molar-refractivity contribution in [1.29, 1.82) is 0 Å². The van der Waals surface area contributed by atoms with Crippen molar-refractivity contribution in [2.75, 3.05) is 13.2 Å². The number of ether oxygens (including phenoxy) is 2. The van der Waals surface area contributed by atoms with Gasteiger partial charge in [0.05, 0.1) is 24.3 Å². The van der Waals surface area contributed by atoms with Gasteiger partial charge in [0.1, 0.15) is 0 Å². The fourth-order valence-corrected chi connectivity index (χ4v) is 2.83. The second-order valence-corrected chi connectivity index (χ2v) is 8.18. The van der Waals surface area contributed by atoms with E-state index in [0.717, 1.165) is 38.5 Å². The number of hydrogen-bond donors (Lipinski definition) is 0. The molecule has 0 aromatic heterocycles. The van der Waals surface area contributed by atoms with E-state index < -0.39 is 11.9 Å². The summed E-state index contributed by atoms with van der Waals surface area (Å²) < 4.78 is 10.6. The van der Waals surface area contributed by atoms with Crippen LogP contribution in [0.15, 0.2) is 18.2 Å². The predicted octanol–water partition coefficient (Wildman–Crippen LogP) is 6.31. The molecule has 0 radical (unpaired) electrons. The highest BCUT2D eigenvalue weighted by Crippen LogP contribution is 2.19. The van der Waals surface area contributed by atoms with E-state index in [1.807, 2.05) is 0 Å². The summed E-state index contributed by atoms with van der Waals surface area (Å²) in [6, 6.07) is 4.57. The van der Waals surface area contributed by atoms with Crippen LogP contribution in [-0.2, 0) is 9.47 Å². The van der Waals surface area contributed by atoms with E-state index in [1.54, 1.807) is 6.07 Å². The molecule has 4 nitrogen and oxygen atoms in total. The Morgan fingerprint density at radius 1 is 0.815 bits per heavy atom. The SMILES string of the molecule is CC(C)CCCCOC(=O)c1ccc(Cl)cc1C(=O)OCCCCC(C)C. The van der Waals surface area contributed by atoms with Gasteiger partial charge in [0.25, 0.3) is 0 Å². The Morgan fingerprint density at radius 3 is 1.78 bits per heavy atom. The lowest BCUT2D eigenvalue weighted by Gasteiger charge is -2.11. The molecule has 0 aliphatic heterocycles. The van der Waals surface area contributed by atoms with Crippen LogP contribution < -0.4 is 0 Å². The Labute approximate surface area is 168 Å². The van der Waals surface area contributed by atoms with Crippen molar-refractivity contribution in [2.24, 2.45) is 11.8 Å². The third-order valence-electron chi connectivity index (χ3n) is 4.24. The third kappa shape index (κ3) is 9.81. The van der Waals surface area contributed by atoms with Gasteiger partial charge in [-0.1, -0.05) is 52.1 Å². The van der Waals surface area contributed by atoms with Crippen LogP contribution in [0, 0.1) is 11.8 Å². The first kappa shape index (κ1) is 23.5. The van der Waals surface area contributed by atoms with Gasteiger partial charge in [0, 0.05) is 5.02 Å². The van der Waals surface area contributed by atoms with Crippen molar-refractivity contribution in [3.63, 3.8) is 0 Å². The molecule has 0 aliphatic rings. The first-order chi connectivity index (χ1) is 12.8. The Morgan fingerprint density at radius 2 is 1.30 bits per heavy atom. The van der Waals surface area contributed by atoms with E-state index >= 15 is 0 Å². The van der Waals surface area contributed by atoms with Gasteiger partial charge in [0.15, 0.2) is 0 Å². The van der Waals surface area contributed by atoms with Gasteiger partial charge in [-0.05, 0) is 55.7 Å². The first-order valence-electron chi connectivity index (χ1n) is 9.95. The highest BCUT2D eigenvalue weighted by atomic mass is 35.5. The maximum atomic E-state index is 12.4. The number of unbranched alkanes of at least 4 members (excludes halogenated alkanes) is 2. The van der Waals surface area contributed by atoms with Crippen molar-refractivity contribution in [3.05, 3.63) is 34.3 Å². The molecule has 0 spiro atoms. The minimum absolute atomic E-state index is 0.165. The highest BCUT2D eigenvalue weighted by Gasteiger charge is 2.20. The Hall–Kier alpha value is -1.55. The minimum Gasteiger partial charge on any atom is -0.462 e. The molecule has 27 heavy (non-hydrogen) atoms. The fraction of sp³-hybridized carbons (Fsp3) is 0.636. The summed E-state index contributed by atoms with van der Waals surface area (Å²) >= 11 is 6.00. The summed E-state index contributed by atoms with van der Waals surface area (Å²) in [5, 5.41) is 0.384. The number of rotatable bonds is 12. The minimum atomic E-state index is -0.534. The highest BCUT2D eigenvalue weighted by molar-refractivity contribution is 6.31. The number of benzene rings is 1. The van der Waals surface area contributed by atoms with E-state index in [4.69, 9.17) is 21.1 Å². The lowest BCUT2D eigenvalue weighted by Crippen LogP contribution is -2.15. The zero-order valence-electron chi connectivity index (χ0n) is 17.1. The Kier molecular flexibility index (Phi) is 11.1. The van der Waals surface area contributed by atoms with Crippen LogP contribution in [0.3, 0.4) is 0 Å². The molecule has 5 heteroatoms. The molecule has 0 N–H and O–H groups in total. The summed E-state index contributed by atoms with van der Waals surface area (Å²) in [7, 11) is 0. The quantitative estimate of drug-likeness (QED) is 0.307. The van der Waals surface area contributed by atoms with Gasteiger partial charge in [-0.25, -0.2) is 9.59 Å². The maximum absolute atomic E-state index is 12.4. The molecule has 1 aromatic carbocycles. The molecule has 0 bridgehead atoms.